The van der Waals surface area contributed by atoms with E-state index in [1.165, 1.54) is 38.8 Å². The van der Waals surface area contributed by atoms with Gasteiger partial charge >= 0.3 is 0 Å². The van der Waals surface area contributed by atoms with Crippen molar-refractivity contribution < 1.29 is 9.90 Å². The predicted octanol–water partition coefficient (Wildman–Crippen LogP) is 0.751. The Morgan fingerprint density at radius 3 is 2.50 bits per heavy atom. The van der Waals surface area contributed by atoms with Crippen LogP contribution in [-0.4, -0.2) is 48.7 Å². The van der Waals surface area contributed by atoms with E-state index in [2.05, 4.69) is 10.2 Å². The SMILES string of the molecule is O=C(CCCO)NCCN1CCCCCC1. The minimum Gasteiger partial charge on any atom is -0.396 e. The first-order valence-corrected chi connectivity index (χ1v) is 6.43. The van der Waals surface area contributed by atoms with Crippen LogP contribution in [0.3, 0.4) is 0 Å². The van der Waals surface area contributed by atoms with Gasteiger partial charge in [-0.2, -0.15) is 0 Å². The van der Waals surface area contributed by atoms with Crippen molar-refractivity contribution in [2.24, 2.45) is 0 Å². The molecule has 2 N–H and O–H groups in total. The molecule has 0 spiro atoms. The van der Waals surface area contributed by atoms with E-state index in [1.54, 1.807) is 0 Å². The Kier molecular flexibility index (Phi) is 7.17. The summed E-state index contributed by atoms with van der Waals surface area (Å²) in [6.07, 6.45) is 6.28. The van der Waals surface area contributed by atoms with Gasteiger partial charge in [-0.1, -0.05) is 12.8 Å². The quantitative estimate of drug-likeness (QED) is 0.705. The molecule has 0 aromatic rings. The molecule has 0 aromatic carbocycles. The molecule has 0 bridgehead atoms. The van der Waals surface area contributed by atoms with Crippen LogP contribution in [0, 0.1) is 0 Å². The number of hydrogen-bond donors (Lipinski definition) is 2. The van der Waals surface area contributed by atoms with Gasteiger partial charge in [0.15, 0.2) is 0 Å². The summed E-state index contributed by atoms with van der Waals surface area (Å²) in [5.74, 6) is 0.0591. The summed E-state index contributed by atoms with van der Waals surface area (Å²) >= 11 is 0. The fraction of sp³-hybridized carbons (Fsp3) is 0.917. The van der Waals surface area contributed by atoms with Crippen LogP contribution in [-0.2, 0) is 4.79 Å². The van der Waals surface area contributed by atoms with Gasteiger partial charge in [0.2, 0.25) is 5.91 Å². The third-order valence-corrected chi connectivity index (χ3v) is 3.01. The number of aliphatic hydroxyl groups is 1. The zero-order valence-corrected chi connectivity index (χ0v) is 10.1. The molecule has 0 aromatic heterocycles. The van der Waals surface area contributed by atoms with Crippen LogP contribution in [0.25, 0.3) is 0 Å². The molecule has 1 aliphatic rings. The highest BCUT2D eigenvalue weighted by molar-refractivity contribution is 5.75. The van der Waals surface area contributed by atoms with Crippen LogP contribution in [0.15, 0.2) is 0 Å². The summed E-state index contributed by atoms with van der Waals surface area (Å²) in [6, 6.07) is 0. The molecular formula is C12H24N2O2. The summed E-state index contributed by atoms with van der Waals surface area (Å²) in [4.78, 5) is 13.7. The zero-order chi connectivity index (χ0) is 11.6. The Hall–Kier alpha value is -0.610. The van der Waals surface area contributed by atoms with Crippen molar-refractivity contribution in [3.63, 3.8) is 0 Å². The summed E-state index contributed by atoms with van der Waals surface area (Å²) in [5.41, 5.74) is 0. The van der Waals surface area contributed by atoms with Crippen molar-refractivity contribution in [1.29, 1.82) is 0 Å². The lowest BCUT2D eigenvalue weighted by Gasteiger charge is -2.19. The molecule has 1 saturated heterocycles. The zero-order valence-electron chi connectivity index (χ0n) is 10.1. The average Bonchev–Trinajstić information content (AvgIpc) is 2.55. The van der Waals surface area contributed by atoms with Gasteiger partial charge in [-0.3, -0.25) is 4.79 Å². The highest BCUT2D eigenvalue weighted by Gasteiger charge is 2.08. The fourth-order valence-electron chi connectivity index (χ4n) is 2.04. The first kappa shape index (κ1) is 13.5. The van der Waals surface area contributed by atoms with Crippen LogP contribution >= 0.6 is 0 Å². The fourth-order valence-corrected chi connectivity index (χ4v) is 2.04. The summed E-state index contributed by atoms with van der Waals surface area (Å²) in [7, 11) is 0. The Morgan fingerprint density at radius 1 is 1.19 bits per heavy atom. The lowest BCUT2D eigenvalue weighted by molar-refractivity contribution is -0.121. The molecule has 4 nitrogen and oxygen atoms in total. The predicted molar refractivity (Wildman–Crippen MR) is 64.2 cm³/mol. The lowest BCUT2D eigenvalue weighted by atomic mass is 10.2. The molecule has 0 radical (unpaired) electrons. The number of amides is 1. The van der Waals surface area contributed by atoms with E-state index in [9.17, 15) is 4.79 Å². The van der Waals surface area contributed by atoms with E-state index in [0.29, 0.717) is 12.8 Å². The molecule has 1 rings (SSSR count). The van der Waals surface area contributed by atoms with E-state index in [-0.39, 0.29) is 12.5 Å². The molecule has 0 atom stereocenters. The van der Waals surface area contributed by atoms with Gasteiger partial charge in [0.25, 0.3) is 0 Å². The number of hydrogen-bond acceptors (Lipinski definition) is 3. The standard InChI is InChI=1S/C12H24N2O2/c15-11-5-6-12(16)13-7-10-14-8-3-1-2-4-9-14/h15H,1-11H2,(H,13,16). The molecule has 1 fully saturated rings. The van der Waals surface area contributed by atoms with Crippen molar-refractivity contribution in [2.45, 2.75) is 38.5 Å². The first-order chi connectivity index (χ1) is 7.83. The second kappa shape index (κ2) is 8.53. The number of carbonyl (C=O) groups excluding carboxylic acids is 1. The average molecular weight is 228 g/mol. The monoisotopic (exact) mass is 228 g/mol. The van der Waals surface area contributed by atoms with Crippen molar-refractivity contribution >= 4 is 5.91 Å². The highest BCUT2D eigenvalue weighted by Crippen LogP contribution is 2.08. The van der Waals surface area contributed by atoms with Crippen LogP contribution in [0.1, 0.15) is 38.5 Å². The number of rotatable bonds is 6. The summed E-state index contributed by atoms with van der Waals surface area (Å²) in [6.45, 7) is 4.15. The second-order valence-electron chi connectivity index (χ2n) is 4.43. The normalized spacial score (nSPS) is 18.1. The minimum absolute atomic E-state index is 0.0591. The van der Waals surface area contributed by atoms with Crippen LogP contribution < -0.4 is 5.32 Å². The van der Waals surface area contributed by atoms with Crippen molar-refractivity contribution in [2.75, 3.05) is 32.8 Å². The number of likely N-dealkylation sites (tertiary alicyclic amines) is 1. The molecule has 0 unspecified atom stereocenters. The van der Waals surface area contributed by atoms with Gasteiger partial charge in [-0.05, 0) is 32.4 Å². The molecule has 0 aliphatic carbocycles. The van der Waals surface area contributed by atoms with Crippen LogP contribution in [0.2, 0.25) is 0 Å². The van der Waals surface area contributed by atoms with Gasteiger partial charge < -0.3 is 15.3 Å². The number of carbonyl (C=O) groups is 1. The maximum atomic E-state index is 11.3. The smallest absolute Gasteiger partial charge is 0.220 e. The van der Waals surface area contributed by atoms with E-state index in [1.807, 2.05) is 0 Å². The van der Waals surface area contributed by atoms with Crippen molar-refractivity contribution in [3.8, 4) is 0 Å². The Balaban J connectivity index is 2.02. The first-order valence-electron chi connectivity index (χ1n) is 6.43. The van der Waals surface area contributed by atoms with Gasteiger partial charge in [0, 0.05) is 26.1 Å². The van der Waals surface area contributed by atoms with Crippen molar-refractivity contribution in [3.05, 3.63) is 0 Å². The maximum absolute atomic E-state index is 11.3. The summed E-state index contributed by atoms with van der Waals surface area (Å²) < 4.78 is 0. The van der Waals surface area contributed by atoms with Gasteiger partial charge in [-0.15, -0.1) is 0 Å². The third kappa shape index (κ3) is 6.08. The maximum Gasteiger partial charge on any atom is 0.220 e. The molecule has 1 aliphatic heterocycles. The van der Waals surface area contributed by atoms with Crippen molar-refractivity contribution in [1.82, 2.24) is 10.2 Å². The van der Waals surface area contributed by atoms with E-state index in [0.717, 1.165) is 13.1 Å². The molecule has 1 heterocycles. The van der Waals surface area contributed by atoms with E-state index < -0.39 is 0 Å². The molecule has 94 valence electrons. The molecule has 0 saturated carbocycles. The molecule has 4 heteroatoms. The van der Waals surface area contributed by atoms with Crippen LogP contribution in [0.4, 0.5) is 0 Å². The molecule has 16 heavy (non-hydrogen) atoms. The van der Waals surface area contributed by atoms with Gasteiger partial charge in [0.1, 0.15) is 0 Å². The second-order valence-corrected chi connectivity index (χ2v) is 4.43. The number of nitrogens with zero attached hydrogens (tertiary/aromatic N) is 1. The largest absolute Gasteiger partial charge is 0.396 e. The number of nitrogens with one attached hydrogen (secondary N) is 1. The third-order valence-electron chi connectivity index (χ3n) is 3.01. The summed E-state index contributed by atoms with van der Waals surface area (Å²) in [5, 5.41) is 11.5. The van der Waals surface area contributed by atoms with Gasteiger partial charge in [-0.25, -0.2) is 0 Å². The topological polar surface area (TPSA) is 52.6 Å². The minimum atomic E-state index is 0.0591. The Labute approximate surface area is 98.0 Å². The highest BCUT2D eigenvalue weighted by atomic mass is 16.3. The van der Waals surface area contributed by atoms with E-state index >= 15 is 0 Å². The van der Waals surface area contributed by atoms with E-state index in [4.69, 9.17) is 5.11 Å². The molecule has 1 amide bonds. The van der Waals surface area contributed by atoms with Gasteiger partial charge in [0.05, 0.1) is 0 Å². The van der Waals surface area contributed by atoms with Crippen LogP contribution in [0.5, 0.6) is 0 Å². The molecular weight excluding hydrogens is 204 g/mol. The number of aliphatic hydroxyl groups excluding tert-OH is 1. The lowest BCUT2D eigenvalue weighted by Crippen LogP contribution is -2.35. The Bertz CT molecular complexity index is 189. The Morgan fingerprint density at radius 2 is 1.88 bits per heavy atom.